The number of carbonyl (C=O) groups excluding carboxylic acids is 2. The average molecular weight is 497 g/mol. The number of nitrogens with one attached hydrogen (secondary N) is 1. The fourth-order valence-corrected chi connectivity index (χ4v) is 4.74. The maximum atomic E-state index is 12.7. The Balaban J connectivity index is 1.43. The molecule has 2 amide bonds. The molecule has 9 nitrogen and oxygen atoms in total. The van der Waals surface area contributed by atoms with E-state index in [4.69, 9.17) is 14.2 Å². The van der Waals surface area contributed by atoms with Crippen LogP contribution in [0.2, 0.25) is 0 Å². The Hall–Kier alpha value is -3.59. The zero-order chi connectivity index (χ0) is 26.3. The van der Waals surface area contributed by atoms with Crippen LogP contribution in [0.15, 0.2) is 48.5 Å². The smallest absolute Gasteiger partial charge is 0.412 e. The summed E-state index contributed by atoms with van der Waals surface area (Å²) in [5, 5.41) is 12.2. The zero-order valence-electron chi connectivity index (χ0n) is 21.1. The summed E-state index contributed by atoms with van der Waals surface area (Å²) in [6, 6.07) is 14.4. The number of nitrogens with zero attached hydrogens (tertiary/aromatic N) is 1. The molecular weight excluding hydrogens is 464 g/mol. The summed E-state index contributed by atoms with van der Waals surface area (Å²) >= 11 is 0. The lowest BCUT2D eigenvalue weighted by molar-refractivity contribution is -0.145. The highest BCUT2D eigenvalue weighted by atomic mass is 16.6. The molecule has 2 aliphatic rings. The first-order valence-electron chi connectivity index (χ1n) is 11.9. The number of aliphatic carboxylic acids is 1. The molecule has 0 unspecified atom stereocenters. The zero-order valence-corrected chi connectivity index (χ0v) is 21.1. The number of fused-ring (bicyclic) bond motifs is 3. The van der Waals surface area contributed by atoms with E-state index in [-0.39, 0.29) is 19.1 Å². The Morgan fingerprint density at radius 3 is 2.17 bits per heavy atom. The number of ether oxygens (including phenoxy) is 3. The third kappa shape index (κ3) is 5.16. The number of alkyl carbamates (subject to hydrolysis) is 1. The van der Waals surface area contributed by atoms with Crippen molar-refractivity contribution in [3.8, 4) is 11.1 Å². The summed E-state index contributed by atoms with van der Waals surface area (Å²) in [7, 11) is 0. The molecular formula is C27H32N2O7. The summed E-state index contributed by atoms with van der Waals surface area (Å²) in [5.74, 6) is -1.45. The van der Waals surface area contributed by atoms with E-state index < -0.39 is 41.6 Å². The summed E-state index contributed by atoms with van der Waals surface area (Å²) < 4.78 is 16.8. The summed E-state index contributed by atoms with van der Waals surface area (Å²) in [4.78, 5) is 38.7. The molecule has 1 aliphatic heterocycles. The highest BCUT2D eigenvalue weighted by Gasteiger charge is 2.49. The van der Waals surface area contributed by atoms with Crippen LogP contribution in [0.25, 0.3) is 11.1 Å². The van der Waals surface area contributed by atoms with Crippen molar-refractivity contribution in [2.24, 2.45) is 0 Å². The lowest BCUT2D eigenvalue weighted by atomic mass is 9.98. The van der Waals surface area contributed by atoms with E-state index in [0.29, 0.717) is 0 Å². The Labute approximate surface area is 210 Å². The first-order valence-corrected chi connectivity index (χ1v) is 11.9. The van der Waals surface area contributed by atoms with Crippen LogP contribution in [0.1, 0.15) is 51.7 Å². The average Bonchev–Trinajstić information content (AvgIpc) is 3.28. The Morgan fingerprint density at radius 1 is 1.08 bits per heavy atom. The molecule has 0 saturated carbocycles. The molecule has 2 aromatic carbocycles. The quantitative estimate of drug-likeness (QED) is 0.632. The second-order valence-electron chi connectivity index (χ2n) is 10.5. The molecule has 0 spiro atoms. The first kappa shape index (κ1) is 25.5. The number of carboxylic acids is 1. The molecule has 1 heterocycles. The molecule has 1 aliphatic carbocycles. The summed E-state index contributed by atoms with van der Waals surface area (Å²) in [6.07, 6.45) is -2.49. The van der Waals surface area contributed by atoms with Crippen LogP contribution in [0.4, 0.5) is 9.59 Å². The molecule has 2 N–H and O–H groups in total. The van der Waals surface area contributed by atoms with Crippen LogP contribution in [0.3, 0.4) is 0 Å². The third-order valence-corrected chi connectivity index (χ3v) is 6.32. The number of carboxylic acid groups (broad SMARTS) is 1. The van der Waals surface area contributed by atoms with Crippen molar-refractivity contribution in [1.29, 1.82) is 0 Å². The van der Waals surface area contributed by atoms with Gasteiger partial charge in [-0.15, -0.1) is 0 Å². The van der Waals surface area contributed by atoms with E-state index in [2.05, 4.69) is 5.32 Å². The van der Waals surface area contributed by atoms with Crippen molar-refractivity contribution in [2.45, 2.75) is 64.0 Å². The molecule has 0 bridgehead atoms. The molecule has 0 aromatic heterocycles. The maximum Gasteiger partial charge on any atom is 0.412 e. The number of hydrogen-bond donors (Lipinski definition) is 2. The number of rotatable bonds is 5. The largest absolute Gasteiger partial charge is 0.480 e. The first-order chi connectivity index (χ1) is 16.9. The van der Waals surface area contributed by atoms with Gasteiger partial charge >= 0.3 is 18.2 Å². The van der Waals surface area contributed by atoms with Crippen molar-refractivity contribution < 1.29 is 33.7 Å². The lowest BCUT2D eigenvalue weighted by Gasteiger charge is -2.31. The van der Waals surface area contributed by atoms with Crippen LogP contribution < -0.4 is 5.32 Å². The number of amides is 2. The van der Waals surface area contributed by atoms with Crippen molar-refractivity contribution >= 4 is 18.2 Å². The molecule has 192 valence electrons. The van der Waals surface area contributed by atoms with E-state index >= 15 is 0 Å². The molecule has 2 aromatic rings. The normalized spacial score (nSPS) is 19.2. The minimum atomic E-state index is -1.42. The van der Waals surface area contributed by atoms with Crippen LogP contribution in [0, 0.1) is 0 Å². The van der Waals surface area contributed by atoms with Crippen molar-refractivity contribution in [3.63, 3.8) is 0 Å². The van der Waals surface area contributed by atoms with Crippen molar-refractivity contribution in [3.05, 3.63) is 59.7 Å². The van der Waals surface area contributed by atoms with Gasteiger partial charge in [-0.25, -0.2) is 14.4 Å². The monoisotopic (exact) mass is 496 g/mol. The van der Waals surface area contributed by atoms with Gasteiger partial charge in [-0.05, 0) is 56.9 Å². The molecule has 0 radical (unpaired) electrons. The molecule has 2 atom stereocenters. The van der Waals surface area contributed by atoms with Gasteiger partial charge in [0.2, 0.25) is 0 Å². The summed E-state index contributed by atoms with van der Waals surface area (Å²) in [6.45, 7) is 8.49. The van der Waals surface area contributed by atoms with Crippen LogP contribution in [-0.2, 0) is 19.0 Å². The van der Waals surface area contributed by atoms with Gasteiger partial charge in [0.25, 0.3) is 0 Å². The van der Waals surface area contributed by atoms with E-state index in [1.807, 2.05) is 48.5 Å². The molecule has 36 heavy (non-hydrogen) atoms. The second kappa shape index (κ2) is 9.46. The standard InChI is InChI=1S/C27H32N2O7/c1-26(2,3)36-25(33)29-14-21(35-27(29,4)5)22(23(30)31)28-24(32)34-15-20-18-12-8-6-10-16(18)17-11-7-9-13-19(17)20/h6-13,20-22H,14-15H2,1-5H3,(H,28,32)(H,30,31)/t21-,22-/m1/s1. The van der Waals surface area contributed by atoms with Gasteiger partial charge in [0.1, 0.15) is 24.0 Å². The van der Waals surface area contributed by atoms with Gasteiger partial charge in [0.15, 0.2) is 6.04 Å². The fourth-order valence-electron chi connectivity index (χ4n) is 4.74. The highest BCUT2D eigenvalue weighted by molar-refractivity contribution is 5.82. The van der Waals surface area contributed by atoms with Crippen molar-refractivity contribution in [2.75, 3.05) is 13.2 Å². The van der Waals surface area contributed by atoms with E-state index in [1.165, 1.54) is 4.90 Å². The number of benzene rings is 2. The topological polar surface area (TPSA) is 114 Å². The van der Waals surface area contributed by atoms with Gasteiger partial charge < -0.3 is 24.6 Å². The molecule has 9 heteroatoms. The van der Waals surface area contributed by atoms with Gasteiger partial charge in [0, 0.05) is 5.92 Å². The predicted molar refractivity (Wildman–Crippen MR) is 132 cm³/mol. The molecule has 1 fully saturated rings. The van der Waals surface area contributed by atoms with Gasteiger partial charge in [-0.3, -0.25) is 4.90 Å². The maximum absolute atomic E-state index is 12.7. The van der Waals surface area contributed by atoms with Crippen LogP contribution >= 0.6 is 0 Å². The summed E-state index contributed by atoms with van der Waals surface area (Å²) in [5.41, 5.74) is 2.44. The highest BCUT2D eigenvalue weighted by Crippen LogP contribution is 2.44. The van der Waals surface area contributed by atoms with Crippen LogP contribution in [-0.4, -0.2) is 64.8 Å². The fraction of sp³-hybridized carbons (Fsp3) is 0.444. The predicted octanol–water partition coefficient (Wildman–Crippen LogP) is 4.35. The molecule has 1 saturated heterocycles. The SMILES string of the molecule is CC(C)(C)OC(=O)N1C[C@H]([C@@H](NC(=O)OCC2c3ccccc3-c3ccccc32)C(=O)O)OC1(C)C. The van der Waals surface area contributed by atoms with E-state index in [1.54, 1.807) is 34.6 Å². The minimum Gasteiger partial charge on any atom is -0.480 e. The lowest BCUT2D eigenvalue weighted by Crippen LogP contribution is -2.50. The van der Waals surface area contributed by atoms with Crippen molar-refractivity contribution in [1.82, 2.24) is 10.2 Å². The van der Waals surface area contributed by atoms with E-state index in [0.717, 1.165) is 22.3 Å². The minimum absolute atomic E-state index is 0.0489. The van der Waals surface area contributed by atoms with Gasteiger partial charge in [-0.1, -0.05) is 48.5 Å². The van der Waals surface area contributed by atoms with E-state index in [9.17, 15) is 19.5 Å². The Morgan fingerprint density at radius 2 is 1.64 bits per heavy atom. The Kier molecular flexibility index (Phi) is 6.70. The Bertz CT molecular complexity index is 1130. The third-order valence-electron chi connectivity index (χ3n) is 6.32. The number of carbonyl (C=O) groups is 3. The number of hydrogen-bond acceptors (Lipinski definition) is 6. The van der Waals surface area contributed by atoms with Crippen LogP contribution in [0.5, 0.6) is 0 Å². The van der Waals surface area contributed by atoms with Gasteiger partial charge in [0.05, 0.1) is 6.54 Å². The van der Waals surface area contributed by atoms with Gasteiger partial charge in [-0.2, -0.15) is 0 Å². The second-order valence-corrected chi connectivity index (χ2v) is 10.5. The molecule has 4 rings (SSSR count).